The van der Waals surface area contributed by atoms with Crippen molar-refractivity contribution in [3.05, 3.63) is 0 Å². The molecule has 112 valence electrons. The van der Waals surface area contributed by atoms with Crippen LogP contribution < -0.4 is 5.32 Å². The molecule has 1 saturated carbocycles. The van der Waals surface area contributed by atoms with Crippen molar-refractivity contribution in [2.24, 2.45) is 10.8 Å². The quantitative estimate of drug-likeness (QED) is 0.734. The molecule has 1 unspecified atom stereocenters. The lowest BCUT2D eigenvalue weighted by atomic mass is 9.76. The number of hydrogen-bond acceptors (Lipinski definition) is 1. The SMILES string of the molecule is CNC(=O)C1(C)CCCCCCC(C)(C)CCCC1. The maximum atomic E-state index is 12.1. The van der Waals surface area contributed by atoms with Gasteiger partial charge in [-0.1, -0.05) is 59.3 Å². The average Bonchev–Trinajstić information content (AvgIpc) is 2.36. The number of amides is 1. The molecule has 0 heterocycles. The van der Waals surface area contributed by atoms with E-state index in [1.165, 1.54) is 51.4 Å². The van der Waals surface area contributed by atoms with Crippen molar-refractivity contribution in [1.82, 2.24) is 5.32 Å². The van der Waals surface area contributed by atoms with Gasteiger partial charge in [-0.2, -0.15) is 0 Å². The zero-order valence-corrected chi connectivity index (χ0v) is 13.5. The molecule has 2 nitrogen and oxygen atoms in total. The normalized spacial score (nSPS) is 29.9. The minimum Gasteiger partial charge on any atom is -0.359 e. The van der Waals surface area contributed by atoms with Crippen molar-refractivity contribution in [3.8, 4) is 0 Å². The van der Waals surface area contributed by atoms with Gasteiger partial charge in [0.25, 0.3) is 0 Å². The summed E-state index contributed by atoms with van der Waals surface area (Å²) in [7, 11) is 1.77. The van der Waals surface area contributed by atoms with Gasteiger partial charge >= 0.3 is 0 Å². The van der Waals surface area contributed by atoms with Crippen molar-refractivity contribution in [2.45, 2.75) is 85.0 Å². The van der Waals surface area contributed by atoms with E-state index in [0.29, 0.717) is 5.41 Å². The van der Waals surface area contributed by atoms with E-state index < -0.39 is 0 Å². The van der Waals surface area contributed by atoms with Crippen molar-refractivity contribution in [2.75, 3.05) is 7.05 Å². The van der Waals surface area contributed by atoms with Gasteiger partial charge in [-0.05, 0) is 31.1 Å². The van der Waals surface area contributed by atoms with Crippen molar-refractivity contribution < 1.29 is 4.79 Å². The van der Waals surface area contributed by atoms with Crippen molar-refractivity contribution in [3.63, 3.8) is 0 Å². The van der Waals surface area contributed by atoms with Gasteiger partial charge in [-0.15, -0.1) is 0 Å². The second-order valence-corrected chi connectivity index (χ2v) is 7.43. The number of rotatable bonds is 1. The van der Waals surface area contributed by atoms with Crippen LogP contribution in [-0.2, 0) is 4.79 Å². The largest absolute Gasteiger partial charge is 0.359 e. The molecular weight excluding hydrogens is 234 g/mol. The third kappa shape index (κ3) is 5.54. The van der Waals surface area contributed by atoms with E-state index in [2.05, 4.69) is 26.1 Å². The molecule has 19 heavy (non-hydrogen) atoms. The third-order valence-corrected chi connectivity index (χ3v) is 4.94. The highest BCUT2D eigenvalue weighted by Gasteiger charge is 2.31. The van der Waals surface area contributed by atoms with Crippen LogP contribution in [0.5, 0.6) is 0 Å². The number of carbonyl (C=O) groups is 1. The Morgan fingerprint density at radius 2 is 1.21 bits per heavy atom. The summed E-state index contributed by atoms with van der Waals surface area (Å²) in [4.78, 5) is 12.1. The van der Waals surface area contributed by atoms with Gasteiger partial charge in [-0.25, -0.2) is 0 Å². The van der Waals surface area contributed by atoms with Gasteiger partial charge in [0.1, 0.15) is 0 Å². The van der Waals surface area contributed by atoms with Crippen LogP contribution in [0, 0.1) is 10.8 Å². The lowest BCUT2D eigenvalue weighted by Crippen LogP contribution is -2.37. The Bertz CT molecular complexity index is 285. The van der Waals surface area contributed by atoms with Crippen molar-refractivity contribution in [1.29, 1.82) is 0 Å². The van der Waals surface area contributed by atoms with E-state index in [-0.39, 0.29) is 11.3 Å². The molecule has 0 aliphatic heterocycles. The Kier molecular flexibility index (Phi) is 6.35. The lowest BCUT2D eigenvalue weighted by molar-refractivity contribution is -0.130. The van der Waals surface area contributed by atoms with E-state index >= 15 is 0 Å². The topological polar surface area (TPSA) is 29.1 Å². The van der Waals surface area contributed by atoms with Crippen molar-refractivity contribution >= 4 is 5.91 Å². The summed E-state index contributed by atoms with van der Waals surface area (Å²) in [5.41, 5.74) is 0.348. The molecule has 1 aliphatic carbocycles. The van der Waals surface area contributed by atoms with Gasteiger partial charge in [0.15, 0.2) is 0 Å². The van der Waals surface area contributed by atoms with Crippen LogP contribution in [0.25, 0.3) is 0 Å². The van der Waals surface area contributed by atoms with Gasteiger partial charge in [0.2, 0.25) is 5.91 Å². The first kappa shape index (κ1) is 16.5. The third-order valence-electron chi connectivity index (χ3n) is 4.94. The fourth-order valence-corrected chi connectivity index (χ4v) is 3.37. The van der Waals surface area contributed by atoms with Crippen LogP contribution in [0.3, 0.4) is 0 Å². The second kappa shape index (κ2) is 7.31. The number of carbonyl (C=O) groups excluding carboxylic acids is 1. The molecule has 0 bridgehead atoms. The van der Waals surface area contributed by atoms with Crippen LogP contribution in [0.15, 0.2) is 0 Å². The van der Waals surface area contributed by atoms with Crippen LogP contribution >= 0.6 is 0 Å². The van der Waals surface area contributed by atoms with Gasteiger partial charge in [0, 0.05) is 12.5 Å². The van der Waals surface area contributed by atoms with Crippen LogP contribution in [0.2, 0.25) is 0 Å². The van der Waals surface area contributed by atoms with Gasteiger partial charge in [-0.3, -0.25) is 4.79 Å². The summed E-state index contributed by atoms with van der Waals surface area (Å²) in [6.45, 7) is 6.95. The Labute approximate surface area is 119 Å². The van der Waals surface area contributed by atoms with Crippen LogP contribution in [-0.4, -0.2) is 13.0 Å². The Hall–Kier alpha value is -0.530. The highest BCUT2D eigenvalue weighted by Crippen LogP contribution is 2.36. The summed E-state index contributed by atoms with van der Waals surface area (Å²) in [5, 5.41) is 2.86. The summed E-state index contributed by atoms with van der Waals surface area (Å²) in [5.74, 6) is 0.240. The Morgan fingerprint density at radius 1 is 0.789 bits per heavy atom. The predicted octanol–water partition coefficient (Wildman–Crippen LogP) is 4.68. The summed E-state index contributed by atoms with van der Waals surface area (Å²) in [6.07, 6.45) is 12.4. The van der Waals surface area contributed by atoms with Crippen LogP contribution in [0.1, 0.15) is 85.0 Å². The van der Waals surface area contributed by atoms with E-state index in [1.807, 2.05) is 0 Å². The Morgan fingerprint density at radius 3 is 1.74 bits per heavy atom. The second-order valence-electron chi connectivity index (χ2n) is 7.43. The number of hydrogen-bond donors (Lipinski definition) is 1. The summed E-state index contributed by atoms with van der Waals surface area (Å²) >= 11 is 0. The molecule has 1 fully saturated rings. The Balaban J connectivity index is 2.61. The fourth-order valence-electron chi connectivity index (χ4n) is 3.37. The molecule has 0 aromatic rings. The maximum Gasteiger partial charge on any atom is 0.225 e. The van der Waals surface area contributed by atoms with E-state index in [9.17, 15) is 4.79 Å². The summed E-state index contributed by atoms with van der Waals surface area (Å²) < 4.78 is 0. The average molecular weight is 267 g/mol. The van der Waals surface area contributed by atoms with E-state index in [1.54, 1.807) is 7.05 Å². The molecule has 0 aromatic heterocycles. The first-order chi connectivity index (χ1) is 8.90. The minimum absolute atomic E-state index is 0.141. The molecule has 0 saturated heterocycles. The standard InChI is InChI=1S/C17H33NO/c1-16(2)11-7-5-6-8-13-17(3,15(19)18-4)14-10-9-12-16/h5-14H2,1-4H3,(H,18,19). The van der Waals surface area contributed by atoms with Gasteiger partial charge in [0.05, 0.1) is 0 Å². The lowest BCUT2D eigenvalue weighted by Gasteiger charge is -2.30. The fraction of sp³-hybridized carbons (Fsp3) is 0.941. The molecule has 2 heteroatoms. The molecule has 1 aliphatic rings. The molecule has 1 atom stereocenters. The van der Waals surface area contributed by atoms with Crippen LogP contribution in [0.4, 0.5) is 0 Å². The minimum atomic E-state index is -0.141. The highest BCUT2D eigenvalue weighted by atomic mass is 16.2. The molecule has 0 aromatic carbocycles. The zero-order chi connectivity index (χ0) is 14.4. The zero-order valence-electron chi connectivity index (χ0n) is 13.5. The molecule has 0 spiro atoms. The smallest absolute Gasteiger partial charge is 0.225 e. The maximum absolute atomic E-state index is 12.1. The molecule has 1 amide bonds. The first-order valence-electron chi connectivity index (χ1n) is 8.12. The van der Waals surface area contributed by atoms with E-state index in [0.717, 1.165) is 12.8 Å². The monoisotopic (exact) mass is 267 g/mol. The molecule has 1 N–H and O–H groups in total. The number of nitrogens with one attached hydrogen (secondary N) is 1. The first-order valence-corrected chi connectivity index (χ1v) is 8.12. The predicted molar refractivity (Wildman–Crippen MR) is 82.1 cm³/mol. The molecular formula is C17H33NO. The molecule has 0 radical (unpaired) electrons. The highest BCUT2D eigenvalue weighted by molar-refractivity contribution is 5.81. The summed E-state index contributed by atoms with van der Waals surface area (Å²) in [6, 6.07) is 0. The van der Waals surface area contributed by atoms with E-state index in [4.69, 9.17) is 0 Å². The van der Waals surface area contributed by atoms with Gasteiger partial charge < -0.3 is 5.32 Å². The molecule has 1 rings (SSSR count).